The fourth-order valence-electron chi connectivity index (χ4n) is 3.13. The molecule has 0 saturated carbocycles. The fraction of sp³-hybridized carbons (Fsp3) is 0.217. The number of ketones is 1. The Morgan fingerprint density at radius 2 is 1.62 bits per heavy atom. The zero-order chi connectivity index (χ0) is 20.6. The topological polar surface area (TPSA) is 78.9 Å². The summed E-state index contributed by atoms with van der Waals surface area (Å²) >= 11 is 0. The van der Waals surface area contributed by atoms with Crippen LogP contribution in [-0.4, -0.2) is 43.2 Å². The Balaban J connectivity index is 1.65. The van der Waals surface area contributed by atoms with Crippen molar-refractivity contribution < 1.29 is 19.5 Å². The summed E-state index contributed by atoms with van der Waals surface area (Å²) in [6.07, 6.45) is 6.16. The van der Waals surface area contributed by atoms with E-state index in [2.05, 4.69) is 11.0 Å². The first-order chi connectivity index (χ1) is 14.1. The molecule has 0 bridgehead atoms. The van der Waals surface area contributed by atoms with Crippen LogP contribution in [0.3, 0.4) is 0 Å². The third-order valence-corrected chi connectivity index (χ3v) is 4.75. The smallest absolute Gasteiger partial charge is 0.267 e. The second kappa shape index (κ2) is 9.82. The number of morpholine rings is 1. The molecule has 0 aromatic heterocycles. The van der Waals surface area contributed by atoms with Crippen molar-refractivity contribution in [3.8, 4) is 0 Å². The summed E-state index contributed by atoms with van der Waals surface area (Å²) in [6.45, 7) is 5.14. The van der Waals surface area contributed by atoms with Gasteiger partial charge < -0.3 is 9.64 Å². The molecule has 0 spiro atoms. The third kappa shape index (κ3) is 5.63. The lowest BCUT2D eigenvalue weighted by Crippen LogP contribution is -2.36. The number of allylic oxidation sites excluding steroid dienone is 1. The Labute approximate surface area is 170 Å². The Bertz CT molecular complexity index is 926. The highest BCUT2D eigenvalue weighted by atomic mass is 16.5. The van der Waals surface area contributed by atoms with Crippen LogP contribution >= 0.6 is 0 Å². The van der Waals surface area contributed by atoms with E-state index in [9.17, 15) is 9.59 Å². The van der Waals surface area contributed by atoms with Gasteiger partial charge in [-0.15, -0.1) is 0 Å². The summed E-state index contributed by atoms with van der Waals surface area (Å²) in [7, 11) is 0. The predicted octanol–water partition coefficient (Wildman–Crippen LogP) is 3.25. The molecule has 1 heterocycles. The Hall–Kier alpha value is -3.22. The average Bonchev–Trinajstić information content (AvgIpc) is 2.77. The molecule has 3 rings (SSSR count). The van der Waals surface area contributed by atoms with E-state index in [0.717, 1.165) is 48.7 Å². The standard InChI is InChI=1S/C23H24N2O4/c1-17-16-20(25-12-14-29-15-13-25)8-9-21(17)22(26)10-6-18-2-4-19(5-3-18)7-11-23(27)24-28/h2-11,16,28H,12-15H2,1H3,(H,24,27). The number of hydrogen-bond donors (Lipinski definition) is 2. The van der Waals surface area contributed by atoms with E-state index in [0.29, 0.717) is 5.56 Å². The largest absolute Gasteiger partial charge is 0.378 e. The van der Waals surface area contributed by atoms with Crippen LogP contribution in [0, 0.1) is 6.92 Å². The Morgan fingerprint density at radius 3 is 2.21 bits per heavy atom. The number of amides is 1. The molecule has 2 aromatic rings. The van der Waals surface area contributed by atoms with Gasteiger partial charge in [0.05, 0.1) is 13.2 Å². The summed E-state index contributed by atoms with van der Waals surface area (Å²) in [6, 6.07) is 13.3. The molecule has 1 aliphatic heterocycles. The third-order valence-electron chi connectivity index (χ3n) is 4.75. The van der Waals surface area contributed by atoms with Crippen LogP contribution in [-0.2, 0) is 9.53 Å². The van der Waals surface area contributed by atoms with Crippen LogP contribution in [0.15, 0.2) is 54.6 Å². The van der Waals surface area contributed by atoms with E-state index in [4.69, 9.17) is 9.94 Å². The van der Waals surface area contributed by atoms with E-state index in [1.807, 2.05) is 43.3 Å². The molecule has 0 radical (unpaired) electrons. The molecule has 2 aromatic carbocycles. The first-order valence-corrected chi connectivity index (χ1v) is 9.45. The van der Waals surface area contributed by atoms with E-state index in [1.54, 1.807) is 18.2 Å². The summed E-state index contributed by atoms with van der Waals surface area (Å²) in [5.74, 6) is -0.630. The lowest BCUT2D eigenvalue weighted by Gasteiger charge is -2.29. The molecule has 6 heteroatoms. The molecular formula is C23H24N2O4. The summed E-state index contributed by atoms with van der Waals surface area (Å²) in [5.41, 5.74) is 5.98. The van der Waals surface area contributed by atoms with E-state index < -0.39 is 5.91 Å². The van der Waals surface area contributed by atoms with Crippen LogP contribution in [0.1, 0.15) is 27.0 Å². The van der Waals surface area contributed by atoms with Crippen LogP contribution in [0.2, 0.25) is 0 Å². The van der Waals surface area contributed by atoms with Gasteiger partial charge in [0.1, 0.15) is 0 Å². The van der Waals surface area contributed by atoms with Crippen LogP contribution < -0.4 is 10.4 Å². The molecule has 1 aliphatic rings. The van der Waals surface area contributed by atoms with Gasteiger partial charge in [0, 0.05) is 30.4 Å². The number of hydroxylamine groups is 1. The molecule has 0 aliphatic carbocycles. The predicted molar refractivity (Wildman–Crippen MR) is 113 cm³/mol. The minimum absolute atomic E-state index is 0.0420. The molecule has 6 nitrogen and oxygen atoms in total. The van der Waals surface area contributed by atoms with Gasteiger partial charge in [-0.3, -0.25) is 14.8 Å². The number of anilines is 1. The van der Waals surface area contributed by atoms with Crippen molar-refractivity contribution in [1.29, 1.82) is 0 Å². The van der Waals surface area contributed by atoms with E-state index >= 15 is 0 Å². The summed E-state index contributed by atoms with van der Waals surface area (Å²) in [5, 5.41) is 8.47. The second-order valence-corrected chi connectivity index (χ2v) is 6.77. The number of carbonyl (C=O) groups excluding carboxylic acids is 2. The number of carbonyl (C=O) groups is 2. The number of nitrogens with one attached hydrogen (secondary N) is 1. The van der Waals surface area contributed by atoms with Crippen molar-refractivity contribution in [2.24, 2.45) is 0 Å². The molecule has 0 unspecified atom stereocenters. The van der Waals surface area contributed by atoms with Crippen LogP contribution in [0.25, 0.3) is 12.2 Å². The van der Waals surface area contributed by atoms with Gasteiger partial charge >= 0.3 is 0 Å². The Kier molecular flexibility index (Phi) is 6.94. The molecule has 29 heavy (non-hydrogen) atoms. The monoisotopic (exact) mass is 392 g/mol. The highest BCUT2D eigenvalue weighted by Crippen LogP contribution is 2.21. The molecule has 0 atom stereocenters. The number of ether oxygens (including phenoxy) is 1. The maximum atomic E-state index is 12.6. The van der Waals surface area contributed by atoms with Gasteiger partial charge in [-0.1, -0.05) is 30.3 Å². The molecule has 2 N–H and O–H groups in total. The van der Waals surface area contributed by atoms with Crippen molar-refractivity contribution in [2.45, 2.75) is 6.92 Å². The maximum Gasteiger partial charge on any atom is 0.267 e. The van der Waals surface area contributed by atoms with Crippen molar-refractivity contribution >= 4 is 29.5 Å². The molecule has 150 valence electrons. The van der Waals surface area contributed by atoms with Crippen LogP contribution in [0.5, 0.6) is 0 Å². The number of benzene rings is 2. The Morgan fingerprint density at radius 1 is 1.00 bits per heavy atom. The van der Waals surface area contributed by atoms with Crippen molar-refractivity contribution in [3.05, 3.63) is 76.9 Å². The quantitative estimate of drug-likeness (QED) is 0.341. The zero-order valence-electron chi connectivity index (χ0n) is 16.3. The minimum atomic E-state index is -0.588. The van der Waals surface area contributed by atoms with E-state index in [-0.39, 0.29) is 5.78 Å². The zero-order valence-corrected chi connectivity index (χ0v) is 16.3. The molecular weight excluding hydrogens is 368 g/mol. The van der Waals surface area contributed by atoms with Crippen LogP contribution in [0.4, 0.5) is 5.69 Å². The number of hydrogen-bond acceptors (Lipinski definition) is 5. The first-order valence-electron chi connectivity index (χ1n) is 9.45. The van der Waals surface area contributed by atoms with Gasteiger partial charge in [0.25, 0.3) is 5.91 Å². The van der Waals surface area contributed by atoms with Gasteiger partial charge in [-0.25, -0.2) is 5.48 Å². The number of nitrogens with zero attached hydrogens (tertiary/aromatic N) is 1. The van der Waals surface area contributed by atoms with Gasteiger partial charge in [0.2, 0.25) is 0 Å². The molecule has 1 saturated heterocycles. The molecule has 1 amide bonds. The van der Waals surface area contributed by atoms with Crippen molar-refractivity contribution in [3.63, 3.8) is 0 Å². The maximum absolute atomic E-state index is 12.6. The SMILES string of the molecule is Cc1cc(N2CCOCC2)ccc1C(=O)C=Cc1ccc(C=CC(=O)NO)cc1. The van der Waals surface area contributed by atoms with Gasteiger partial charge in [-0.2, -0.15) is 0 Å². The lowest BCUT2D eigenvalue weighted by atomic mass is 10.0. The molecule has 1 fully saturated rings. The van der Waals surface area contributed by atoms with E-state index in [1.165, 1.54) is 11.6 Å². The highest BCUT2D eigenvalue weighted by molar-refractivity contribution is 6.08. The summed E-state index contributed by atoms with van der Waals surface area (Å²) in [4.78, 5) is 25.9. The van der Waals surface area contributed by atoms with Crippen molar-refractivity contribution in [1.82, 2.24) is 5.48 Å². The first kappa shape index (κ1) is 20.5. The number of rotatable bonds is 6. The number of aryl methyl sites for hydroxylation is 1. The normalized spacial score (nSPS) is 14.5. The van der Waals surface area contributed by atoms with Gasteiger partial charge in [0.15, 0.2) is 5.78 Å². The average molecular weight is 392 g/mol. The highest BCUT2D eigenvalue weighted by Gasteiger charge is 2.13. The minimum Gasteiger partial charge on any atom is -0.378 e. The van der Waals surface area contributed by atoms with Gasteiger partial charge in [-0.05, 0) is 54.0 Å². The fourth-order valence-corrected chi connectivity index (χ4v) is 3.13. The second-order valence-electron chi connectivity index (χ2n) is 6.77. The van der Waals surface area contributed by atoms with Crippen molar-refractivity contribution in [2.75, 3.05) is 31.2 Å². The summed E-state index contributed by atoms with van der Waals surface area (Å²) < 4.78 is 5.39. The lowest BCUT2D eigenvalue weighted by molar-refractivity contribution is -0.124.